The summed E-state index contributed by atoms with van der Waals surface area (Å²) in [6.45, 7) is 0.342. The van der Waals surface area contributed by atoms with Crippen molar-refractivity contribution in [3.8, 4) is 0 Å². The van der Waals surface area contributed by atoms with E-state index in [4.69, 9.17) is 0 Å². The molecule has 2 heterocycles. The van der Waals surface area contributed by atoms with Crippen LogP contribution in [-0.4, -0.2) is 35.7 Å². The van der Waals surface area contributed by atoms with Gasteiger partial charge in [-0.1, -0.05) is 42.5 Å². The zero-order chi connectivity index (χ0) is 19.3. The number of benzene rings is 3. The van der Waals surface area contributed by atoms with Gasteiger partial charge in [0.1, 0.15) is 6.54 Å². The zero-order valence-electron chi connectivity index (χ0n) is 15.2. The number of carbonyl (C=O) groups is 3. The Morgan fingerprint density at radius 1 is 0.857 bits per heavy atom. The Morgan fingerprint density at radius 2 is 1.54 bits per heavy atom. The Bertz CT molecular complexity index is 1100. The van der Waals surface area contributed by atoms with E-state index < -0.39 is 11.8 Å². The molecule has 3 aromatic carbocycles. The van der Waals surface area contributed by atoms with Crippen molar-refractivity contribution in [1.29, 1.82) is 0 Å². The third-order valence-electron chi connectivity index (χ3n) is 5.56. The van der Waals surface area contributed by atoms with Gasteiger partial charge in [-0.3, -0.25) is 19.3 Å². The normalized spacial score (nSPS) is 15.7. The van der Waals surface area contributed by atoms with E-state index in [1.807, 2.05) is 36.4 Å². The van der Waals surface area contributed by atoms with Crippen LogP contribution in [0.2, 0.25) is 0 Å². The van der Waals surface area contributed by atoms with Crippen LogP contribution in [0.3, 0.4) is 0 Å². The Kier molecular flexibility index (Phi) is 3.76. The molecule has 0 aromatic heterocycles. The molecule has 5 rings (SSSR count). The van der Waals surface area contributed by atoms with Crippen LogP contribution >= 0.6 is 0 Å². The van der Waals surface area contributed by atoms with Crippen LogP contribution in [0.1, 0.15) is 32.7 Å². The van der Waals surface area contributed by atoms with Crippen molar-refractivity contribution in [2.24, 2.45) is 0 Å². The lowest BCUT2D eigenvalue weighted by Gasteiger charge is -2.32. The monoisotopic (exact) mass is 370 g/mol. The van der Waals surface area contributed by atoms with Crippen LogP contribution in [0.5, 0.6) is 0 Å². The topological polar surface area (TPSA) is 57.7 Å². The van der Waals surface area contributed by atoms with Crippen molar-refractivity contribution in [3.63, 3.8) is 0 Å². The zero-order valence-corrected chi connectivity index (χ0v) is 15.2. The minimum absolute atomic E-state index is 0.236. The van der Waals surface area contributed by atoms with E-state index >= 15 is 0 Å². The highest BCUT2D eigenvalue weighted by Gasteiger charge is 2.35. The van der Waals surface area contributed by atoms with E-state index in [0.29, 0.717) is 23.1 Å². The number of carbonyl (C=O) groups excluding carboxylic acids is 3. The SMILES string of the molecule is O=C1c2cccc3cccc(c23)C(=O)N1CC(=O)N1CCCc2ccccc21. The van der Waals surface area contributed by atoms with Gasteiger partial charge in [-0.15, -0.1) is 0 Å². The summed E-state index contributed by atoms with van der Waals surface area (Å²) in [4.78, 5) is 41.9. The third-order valence-corrected chi connectivity index (χ3v) is 5.56. The second kappa shape index (κ2) is 6.30. The lowest BCUT2D eigenvalue weighted by molar-refractivity contribution is -0.119. The molecule has 138 valence electrons. The standard InChI is InChI=1S/C23H18N2O3/c26-20(24-13-5-9-15-6-1-2-12-19(15)24)14-25-22(27)17-10-3-7-16-8-4-11-18(21(16)17)23(25)28/h1-4,6-8,10-12H,5,9,13-14H2. The molecule has 0 spiro atoms. The Balaban J connectivity index is 1.49. The Labute approximate surface area is 162 Å². The fraction of sp³-hybridized carbons (Fsp3) is 0.174. The van der Waals surface area contributed by atoms with Gasteiger partial charge in [0.2, 0.25) is 5.91 Å². The molecule has 0 radical (unpaired) electrons. The molecule has 0 bridgehead atoms. The molecule has 3 aromatic rings. The smallest absolute Gasteiger partial charge is 0.261 e. The molecular formula is C23H18N2O3. The number of hydrogen-bond acceptors (Lipinski definition) is 3. The first-order chi connectivity index (χ1) is 13.6. The molecule has 0 unspecified atom stereocenters. The van der Waals surface area contributed by atoms with Crippen LogP contribution in [0, 0.1) is 0 Å². The van der Waals surface area contributed by atoms with Crippen LogP contribution < -0.4 is 4.90 Å². The molecular weight excluding hydrogens is 352 g/mol. The van der Waals surface area contributed by atoms with E-state index in [2.05, 4.69) is 0 Å². The fourth-order valence-corrected chi connectivity index (χ4v) is 4.24. The minimum atomic E-state index is -0.409. The summed E-state index contributed by atoms with van der Waals surface area (Å²) >= 11 is 0. The molecule has 3 amide bonds. The Morgan fingerprint density at radius 3 is 2.25 bits per heavy atom. The molecule has 2 aliphatic heterocycles. The number of rotatable bonds is 2. The van der Waals surface area contributed by atoms with Crippen molar-refractivity contribution < 1.29 is 14.4 Å². The average molecular weight is 370 g/mol. The maximum atomic E-state index is 13.1. The number of anilines is 1. The summed E-state index contributed by atoms with van der Waals surface area (Å²) < 4.78 is 0. The van der Waals surface area contributed by atoms with Crippen LogP contribution in [-0.2, 0) is 11.2 Å². The maximum absolute atomic E-state index is 13.1. The minimum Gasteiger partial charge on any atom is -0.311 e. The first kappa shape index (κ1) is 16.7. The largest absolute Gasteiger partial charge is 0.311 e. The number of amides is 3. The van der Waals surface area contributed by atoms with E-state index in [1.165, 1.54) is 0 Å². The van der Waals surface area contributed by atoms with Crippen LogP contribution in [0.4, 0.5) is 5.69 Å². The molecule has 28 heavy (non-hydrogen) atoms. The summed E-state index contributed by atoms with van der Waals surface area (Å²) in [7, 11) is 0. The van der Waals surface area contributed by atoms with Gasteiger partial charge in [-0.25, -0.2) is 0 Å². The maximum Gasteiger partial charge on any atom is 0.261 e. The molecule has 2 aliphatic rings. The molecule has 0 saturated heterocycles. The molecule has 0 fully saturated rings. The fourth-order valence-electron chi connectivity index (χ4n) is 4.24. The summed E-state index contributed by atoms with van der Waals surface area (Å²) in [5.41, 5.74) is 2.94. The molecule has 5 heteroatoms. The number of hydrogen-bond donors (Lipinski definition) is 0. The first-order valence-electron chi connectivity index (χ1n) is 9.41. The quantitative estimate of drug-likeness (QED) is 0.650. The lowest BCUT2D eigenvalue weighted by Crippen LogP contribution is -2.48. The number of imide groups is 1. The van der Waals surface area contributed by atoms with Gasteiger partial charge in [0, 0.05) is 28.7 Å². The summed E-state index contributed by atoms with van der Waals surface area (Å²) in [5, 5.41) is 1.53. The van der Waals surface area contributed by atoms with Gasteiger partial charge in [-0.05, 0) is 42.0 Å². The Hall–Kier alpha value is -3.47. The van der Waals surface area contributed by atoms with E-state index in [0.717, 1.165) is 34.4 Å². The molecule has 0 N–H and O–H groups in total. The highest BCUT2D eigenvalue weighted by atomic mass is 16.2. The van der Waals surface area contributed by atoms with Crippen LogP contribution in [0.15, 0.2) is 60.7 Å². The number of nitrogens with zero attached hydrogens (tertiary/aromatic N) is 2. The van der Waals surface area contributed by atoms with Gasteiger partial charge in [-0.2, -0.15) is 0 Å². The highest BCUT2D eigenvalue weighted by Crippen LogP contribution is 2.31. The van der Waals surface area contributed by atoms with Crippen molar-refractivity contribution in [3.05, 3.63) is 77.4 Å². The predicted octanol–water partition coefficient (Wildman–Crippen LogP) is 3.42. The van der Waals surface area contributed by atoms with E-state index in [9.17, 15) is 14.4 Å². The lowest BCUT2D eigenvalue weighted by atomic mass is 9.94. The molecule has 0 saturated carbocycles. The molecule has 5 nitrogen and oxygen atoms in total. The molecule has 0 aliphatic carbocycles. The highest BCUT2D eigenvalue weighted by molar-refractivity contribution is 6.26. The third kappa shape index (κ3) is 2.43. The predicted molar refractivity (Wildman–Crippen MR) is 106 cm³/mol. The number of aryl methyl sites for hydroxylation is 1. The van der Waals surface area contributed by atoms with Gasteiger partial charge >= 0.3 is 0 Å². The number of fused-ring (bicyclic) bond motifs is 1. The van der Waals surface area contributed by atoms with Gasteiger partial charge in [0.05, 0.1) is 0 Å². The summed E-state index contributed by atoms with van der Waals surface area (Å²) in [6, 6.07) is 18.6. The second-order valence-corrected chi connectivity index (χ2v) is 7.18. The summed E-state index contributed by atoms with van der Waals surface area (Å²) in [5.74, 6) is -1.05. The van der Waals surface area contributed by atoms with E-state index in [-0.39, 0.29) is 12.5 Å². The first-order valence-corrected chi connectivity index (χ1v) is 9.41. The van der Waals surface area contributed by atoms with Crippen molar-refractivity contribution in [2.75, 3.05) is 18.0 Å². The average Bonchev–Trinajstić information content (AvgIpc) is 2.74. The van der Waals surface area contributed by atoms with Crippen molar-refractivity contribution in [1.82, 2.24) is 4.90 Å². The number of para-hydroxylation sites is 1. The van der Waals surface area contributed by atoms with Crippen molar-refractivity contribution >= 4 is 34.2 Å². The molecule has 0 atom stereocenters. The summed E-state index contributed by atoms with van der Waals surface area (Å²) in [6.07, 6.45) is 1.80. The van der Waals surface area contributed by atoms with Crippen molar-refractivity contribution in [2.45, 2.75) is 12.8 Å². The van der Waals surface area contributed by atoms with Gasteiger partial charge in [0.15, 0.2) is 0 Å². The van der Waals surface area contributed by atoms with Gasteiger partial charge in [0.25, 0.3) is 11.8 Å². The van der Waals surface area contributed by atoms with E-state index in [1.54, 1.807) is 29.2 Å². The second-order valence-electron chi connectivity index (χ2n) is 7.18. The van der Waals surface area contributed by atoms with Gasteiger partial charge < -0.3 is 4.90 Å². The van der Waals surface area contributed by atoms with Crippen LogP contribution in [0.25, 0.3) is 10.8 Å².